The highest BCUT2D eigenvalue weighted by atomic mass is 19.1. The molecule has 3 aromatic heterocycles. The highest BCUT2D eigenvalue weighted by Crippen LogP contribution is 2.21. The van der Waals surface area contributed by atoms with Gasteiger partial charge in [0.2, 0.25) is 0 Å². The third-order valence-corrected chi connectivity index (χ3v) is 3.84. The van der Waals surface area contributed by atoms with Gasteiger partial charge in [-0.05, 0) is 31.2 Å². The molecule has 0 saturated carbocycles. The van der Waals surface area contributed by atoms with Gasteiger partial charge in [0.15, 0.2) is 11.6 Å². The lowest BCUT2D eigenvalue weighted by Crippen LogP contribution is -2.16. The summed E-state index contributed by atoms with van der Waals surface area (Å²) in [6, 6.07) is 11.4. The van der Waals surface area contributed by atoms with Crippen molar-refractivity contribution in [2.75, 3.05) is 5.32 Å². The van der Waals surface area contributed by atoms with Crippen LogP contribution in [0.5, 0.6) is 11.8 Å². The molecule has 1 N–H and O–H groups in total. The van der Waals surface area contributed by atoms with E-state index in [2.05, 4.69) is 20.3 Å². The number of amides is 1. The van der Waals surface area contributed by atoms with Crippen molar-refractivity contribution in [3.8, 4) is 11.8 Å². The molecule has 0 fully saturated rings. The Bertz CT molecular complexity index is 1120. The highest BCUT2D eigenvalue weighted by molar-refractivity contribution is 6.04. The van der Waals surface area contributed by atoms with E-state index in [4.69, 9.17) is 4.74 Å². The van der Waals surface area contributed by atoms with Gasteiger partial charge in [0, 0.05) is 6.20 Å². The first-order chi connectivity index (χ1) is 13.1. The van der Waals surface area contributed by atoms with Crippen LogP contribution < -0.4 is 10.1 Å². The number of fused-ring (bicyclic) bond motifs is 1. The fourth-order valence-corrected chi connectivity index (χ4v) is 2.64. The molecule has 7 nitrogen and oxygen atoms in total. The smallest absolute Gasteiger partial charge is 0.322 e. The Morgan fingerprint density at radius 3 is 2.63 bits per heavy atom. The monoisotopic (exact) mass is 363 g/mol. The number of nitrogens with one attached hydrogen (secondary N) is 1. The molecule has 4 aromatic rings. The zero-order valence-corrected chi connectivity index (χ0v) is 14.3. The Labute approximate surface area is 153 Å². The van der Waals surface area contributed by atoms with Gasteiger partial charge in [-0.25, -0.2) is 19.3 Å². The van der Waals surface area contributed by atoms with Crippen LogP contribution in [0.1, 0.15) is 16.2 Å². The third-order valence-electron chi connectivity index (χ3n) is 3.84. The topological polar surface area (TPSA) is 81.4 Å². The van der Waals surface area contributed by atoms with Crippen LogP contribution in [-0.4, -0.2) is 25.3 Å². The van der Waals surface area contributed by atoms with E-state index in [1.165, 1.54) is 24.5 Å². The van der Waals surface area contributed by atoms with Gasteiger partial charge in [-0.1, -0.05) is 18.2 Å². The van der Waals surface area contributed by atoms with E-state index >= 15 is 0 Å². The number of ether oxygens (including phenoxy) is 1. The van der Waals surface area contributed by atoms with Gasteiger partial charge in [0.25, 0.3) is 5.91 Å². The minimum atomic E-state index is -0.512. The van der Waals surface area contributed by atoms with E-state index in [9.17, 15) is 9.18 Å². The van der Waals surface area contributed by atoms with Crippen molar-refractivity contribution in [2.24, 2.45) is 0 Å². The molecule has 0 radical (unpaired) electrons. The van der Waals surface area contributed by atoms with Crippen molar-refractivity contribution in [1.82, 2.24) is 19.4 Å². The van der Waals surface area contributed by atoms with Crippen molar-refractivity contribution in [3.05, 3.63) is 78.3 Å². The maximum Gasteiger partial charge on any atom is 0.322 e. The number of benzene rings is 1. The molecule has 0 aliphatic rings. The summed E-state index contributed by atoms with van der Waals surface area (Å²) >= 11 is 0. The predicted molar refractivity (Wildman–Crippen MR) is 96.4 cm³/mol. The van der Waals surface area contributed by atoms with Gasteiger partial charge >= 0.3 is 6.01 Å². The van der Waals surface area contributed by atoms with E-state index in [0.717, 1.165) is 0 Å². The maximum absolute atomic E-state index is 13.6. The van der Waals surface area contributed by atoms with Gasteiger partial charge in [0.1, 0.15) is 11.3 Å². The Hall–Kier alpha value is -3.81. The summed E-state index contributed by atoms with van der Waals surface area (Å²) in [7, 11) is 0. The average Bonchev–Trinajstić information content (AvgIpc) is 3.01. The molecule has 0 unspecified atom stereocenters. The summed E-state index contributed by atoms with van der Waals surface area (Å²) < 4.78 is 20.6. The second kappa shape index (κ2) is 6.83. The number of pyridine rings is 1. The van der Waals surface area contributed by atoms with Crippen LogP contribution in [0, 0.1) is 12.7 Å². The number of hydrogen-bond acceptors (Lipinski definition) is 5. The Balaban J connectivity index is 1.52. The van der Waals surface area contributed by atoms with Crippen LogP contribution >= 0.6 is 0 Å². The SMILES string of the molecule is Cc1nc2ccccn2c1C(=O)Nc1cnc(Oc2ccccc2F)nc1. The van der Waals surface area contributed by atoms with Crippen molar-refractivity contribution < 1.29 is 13.9 Å². The Morgan fingerprint density at radius 2 is 1.85 bits per heavy atom. The van der Waals surface area contributed by atoms with Crippen LogP contribution in [0.2, 0.25) is 0 Å². The lowest BCUT2D eigenvalue weighted by Gasteiger charge is -2.07. The number of anilines is 1. The average molecular weight is 363 g/mol. The van der Waals surface area contributed by atoms with Crippen molar-refractivity contribution in [3.63, 3.8) is 0 Å². The minimum Gasteiger partial charge on any atom is -0.421 e. The molecule has 8 heteroatoms. The molecular weight excluding hydrogens is 349 g/mol. The molecule has 0 saturated heterocycles. The summed E-state index contributed by atoms with van der Waals surface area (Å²) in [6.45, 7) is 1.77. The van der Waals surface area contributed by atoms with Crippen molar-refractivity contribution >= 4 is 17.2 Å². The third kappa shape index (κ3) is 3.32. The molecule has 134 valence electrons. The molecule has 3 heterocycles. The van der Waals surface area contributed by atoms with Gasteiger partial charge in [-0.2, -0.15) is 0 Å². The fraction of sp³-hybridized carbons (Fsp3) is 0.0526. The van der Waals surface area contributed by atoms with E-state index in [-0.39, 0.29) is 17.7 Å². The summed E-state index contributed by atoms with van der Waals surface area (Å²) in [5.41, 5.74) is 2.10. The summed E-state index contributed by atoms with van der Waals surface area (Å²) in [5.74, 6) is -0.824. The zero-order valence-electron chi connectivity index (χ0n) is 14.3. The van der Waals surface area contributed by atoms with E-state index < -0.39 is 5.82 Å². The minimum absolute atomic E-state index is 0.0237. The largest absolute Gasteiger partial charge is 0.421 e. The number of nitrogens with zero attached hydrogens (tertiary/aromatic N) is 4. The fourth-order valence-electron chi connectivity index (χ4n) is 2.64. The second-order valence-electron chi connectivity index (χ2n) is 5.72. The molecule has 27 heavy (non-hydrogen) atoms. The van der Waals surface area contributed by atoms with Gasteiger partial charge < -0.3 is 10.1 Å². The van der Waals surface area contributed by atoms with Crippen LogP contribution in [0.4, 0.5) is 10.1 Å². The summed E-state index contributed by atoms with van der Waals surface area (Å²) in [5, 5.41) is 2.73. The number of aryl methyl sites for hydroxylation is 1. The van der Waals surface area contributed by atoms with Crippen molar-refractivity contribution in [1.29, 1.82) is 0 Å². The number of rotatable bonds is 4. The molecular formula is C19H14FN5O2. The molecule has 0 bridgehead atoms. The van der Waals surface area contributed by atoms with Gasteiger partial charge in [-0.15, -0.1) is 0 Å². The van der Waals surface area contributed by atoms with Gasteiger partial charge in [0.05, 0.1) is 23.8 Å². The Kier molecular flexibility index (Phi) is 4.21. The zero-order chi connectivity index (χ0) is 18.8. The number of aromatic nitrogens is 4. The van der Waals surface area contributed by atoms with E-state index in [1.54, 1.807) is 29.7 Å². The lowest BCUT2D eigenvalue weighted by molar-refractivity contribution is 0.102. The number of carbonyl (C=O) groups is 1. The molecule has 0 atom stereocenters. The first-order valence-electron chi connectivity index (χ1n) is 8.11. The lowest BCUT2D eigenvalue weighted by atomic mass is 10.3. The molecule has 0 aliphatic carbocycles. The van der Waals surface area contributed by atoms with E-state index in [0.29, 0.717) is 22.7 Å². The van der Waals surface area contributed by atoms with Gasteiger partial charge in [-0.3, -0.25) is 9.20 Å². The van der Waals surface area contributed by atoms with Crippen molar-refractivity contribution in [2.45, 2.75) is 6.92 Å². The van der Waals surface area contributed by atoms with Crippen LogP contribution in [0.3, 0.4) is 0 Å². The summed E-state index contributed by atoms with van der Waals surface area (Å²) in [4.78, 5) is 25.0. The normalized spacial score (nSPS) is 10.7. The van der Waals surface area contributed by atoms with E-state index in [1.807, 2.05) is 18.2 Å². The number of hydrogen-bond donors (Lipinski definition) is 1. The summed E-state index contributed by atoms with van der Waals surface area (Å²) in [6.07, 6.45) is 4.55. The van der Waals surface area contributed by atoms with Crippen LogP contribution in [0.15, 0.2) is 61.1 Å². The molecule has 0 spiro atoms. The standard InChI is InChI=1S/C19H14FN5O2/c1-12-17(25-9-5-4-8-16(25)23-12)18(26)24-13-10-21-19(22-11-13)27-15-7-3-2-6-14(15)20/h2-11H,1H3,(H,24,26). The molecule has 1 aromatic carbocycles. The number of halogens is 1. The quantitative estimate of drug-likeness (QED) is 0.599. The number of imidazole rings is 1. The molecule has 0 aliphatic heterocycles. The number of carbonyl (C=O) groups excluding carboxylic acids is 1. The molecule has 1 amide bonds. The maximum atomic E-state index is 13.6. The first-order valence-corrected chi connectivity index (χ1v) is 8.11. The highest BCUT2D eigenvalue weighted by Gasteiger charge is 2.17. The Morgan fingerprint density at radius 1 is 1.11 bits per heavy atom. The first kappa shape index (κ1) is 16.6. The number of para-hydroxylation sites is 1. The van der Waals surface area contributed by atoms with Crippen LogP contribution in [-0.2, 0) is 0 Å². The predicted octanol–water partition coefficient (Wildman–Crippen LogP) is 3.62. The second-order valence-corrected chi connectivity index (χ2v) is 5.72. The van der Waals surface area contributed by atoms with Crippen LogP contribution in [0.25, 0.3) is 5.65 Å². The molecule has 4 rings (SSSR count).